The minimum Gasteiger partial charge on any atom is -0.475 e. The summed E-state index contributed by atoms with van der Waals surface area (Å²) in [4.78, 5) is 19.6. The number of aromatic carboxylic acids is 1. The molecule has 0 radical (unpaired) electrons. The lowest BCUT2D eigenvalue weighted by atomic mass is 9.51. The lowest BCUT2D eigenvalue weighted by Gasteiger charge is -2.54. The Morgan fingerprint density at radius 2 is 1.70 bits per heavy atom. The standard InChI is InChI=1S/C16H20N2O2/c1-8-2-13(18-15(17-8)16(19)20)14-11-4-9-3-10(6-11)7-12(14)5-9/h2,9-12,14H,3-7H2,1H3,(H,19,20). The van der Waals surface area contributed by atoms with Gasteiger partial charge in [-0.2, -0.15) is 0 Å². The monoisotopic (exact) mass is 272 g/mol. The highest BCUT2D eigenvalue weighted by Crippen LogP contribution is 2.59. The molecular weight excluding hydrogens is 252 g/mol. The molecule has 0 aromatic carbocycles. The van der Waals surface area contributed by atoms with E-state index in [1.165, 1.54) is 32.1 Å². The van der Waals surface area contributed by atoms with Gasteiger partial charge < -0.3 is 5.11 Å². The van der Waals surface area contributed by atoms with E-state index in [1.54, 1.807) is 0 Å². The maximum atomic E-state index is 11.2. The van der Waals surface area contributed by atoms with E-state index < -0.39 is 5.97 Å². The molecule has 1 aromatic heterocycles. The molecule has 1 aromatic rings. The van der Waals surface area contributed by atoms with Gasteiger partial charge in [-0.15, -0.1) is 0 Å². The second-order valence-electron chi connectivity index (χ2n) is 7.02. The van der Waals surface area contributed by atoms with Gasteiger partial charge in [0, 0.05) is 17.3 Å². The van der Waals surface area contributed by atoms with Gasteiger partial charge in [0.25, 0.3) is 0 Å². The molecule has 1 N–H and O–H groups in total. The summed E-state index contributed by atoms with van der Waals surface area (Å²) in [6, 6.07) is 2.01. The smallest absolute Gasteiger partial charge is 0.373 e. The van der Waals surface area contributed by atoms with Crippen LogP contribution in [0.2, 0.25) is 0 Å². The molecule has 0 amide bonds. The third-order valence-electron chi connectivity index (χ3n) is 5.63. The summed E-state index contributed by atoms with van der Waals surface area (Å²) in [6.45, 7) is 1.87. The van der Waals surface area contributed by atoms with E-state index in [9.17, 15) is 4.79 Å². The molecule has 0 spiro atoms. The fraction of sp³-hybridized carbons (Fsp3) is 0.688. The summed E-state index contributed by atoms with van der Waals surface area (Å²) in [5.41, 5.74) is 1.77. The SMILES string of the molecule is Cc1cc(C2C3CC4CC(C3)CC2C4)nc(C(=O)O)n1. The zero-order valence-electron chi connectivity index (χ0n) is 11.7. The normalized spacial score (nSPS) is 38.1. The van der Waals surface area contributed by atoms with Crippen LogP contribution in [0, 0.1) is 30.6 Å². The first-order valence-electron chi connectivity index (χ1n) is 7.69. The molecule has 4 fully saturated rings. The van der Waals surface area contributed by atoms with Crippen LogP contribution in [0.4, 0.5) is 0 Å². The van der Waals surface area contributed by atoms with Crippen LogP contribution in [0.25, 0.3) is 0 Å². The van der Waals surface area contributed by atoms with Crippen LogP contribution in [-0.2, 0) is 0 Å². The third-order valence-corrected chi connectivity index (χ3v) is 5.63. The topological polar surface area (TPSA) is 63.1 Å². The summed E-state index contributed by atoms with van der Waals surface area (Å²) in [6.07, 6.45) is 6.72. The van der Waals surface area contributed by atoms with E-state index >= 15 is 0 Å². The first-order chi connectivity index (χ1) is 9.60. The average molecular weight is 272 g/mol. The molecule has 4 aliphatic rings. The van der Waals surface area contributed by atoms with Crippen molar-refractivity contribution in [2.75, 3.05) is 0 Å². The Morgan fingerprint density at radius 1 is 1.10 bits per heavy atom. The predicted octanol–water partition coefficient (Wildman–Crippen LogP) is 3.02. The second-order valence-corrected chi connectivity index (χ2v) is 7.02. The number of hydrogen-bond donors (Lipinski definition) is 1. The number of carboxylic acids is 1. The molecule has 0 aliphatic heterocycles. The van der Waals surface area contributed by atoms with Crippen LogP contribution in [-0.4, -0.2) is 21.0 Å². The molecule has 4 bridgehead atoms. The molecular formula is C16H20N2O2. The fourth-order valence-corrected chi connectivity index (χ4v) is 5.27. The number of aryl methyl sites for hydroxylation is 1. The van der Waals surface area contributed by atoms with Crippen LogP contribution in [0.5, 0.6) is 0 Å². The van der Waals surface area contributed by atoms with Gasteiger partial charge in [0.1, 0.15) is 0 Å². The zero-order valence-corrected chi connectivity index (χ0v) is 11.7. The van der Waals surface area contributed by atoms with E-state index in [-0.39, 0.29) is 5.82 Å². The number of carboxylic acid groups (broad SMARTS) is 1. The number of carbonyl (C=O) groups is 1. The van der Waals surface area contributed by atoms with Gasteiger partial charge in [-0.3, -0.25) is 0 Å². The Balaban J connectivity index is 1.72. The first-order valence-corrected chi connectivity index (χ1v) is 7.69. The quantitative estimate of drug-likeness (QED) is 0.898. The fourth-order valence-electron chi connectivity index (χ4n) is 5.27. The summed E-state index contributed by atoms with van der Waals surface area (Å²) >= 11 is 0. The van der Waals surface area contributed by atoms with Crippen molar-refractivity contribution in [2.24, 2.45) is 23.7 Å². The zero-order chi connectivity index (χ0) is 13.9. The van der Waals surface area contributed by atoms with Gasteiger partial charge in [-0.1, -0.05) is 0 Å². The highest BCUT2D eigenvalue weighted by Gasteiger charge is 2.49. The molecule has 4 aliphatic carbocycles. The molecule has 4 saturated carbocycles. The van der Waals surface area contributed by atoms with E-state index in [2.05, 4.69) is 9.97 Å². The molecule has 0 unspecified atom stereocenters. The van der Waals surface area contributed by atoms with Gasteiger partial charge in [-0.05, 0) is 68.8 Å². The Bertz CT molecular complexity index is 542. The minimum absolute atomic E-state index is 0.0335. The molecule has 0 atom stereocenters. The predicted molar refractivity (Wildman–Crippen MR) is 73.5 cm³/mol. The van der Waals surface area contributed by atoms with Gasteiger partial charge in [0.05, 0.1) is 0 Å². The van der Waals surface area contributed by atoms with Crippen LogP contribution >= 0.6 is 0 Å². The van der Waals surface area contributed by atoms with Crippen molar-refractivity contribution in [3.63, 3.8) is 0 Å². The Morgan fingerprint density at radius 3 is 2.25 bits per heavy atom. The molecule has 4 heteroatoms. The maximum Gasteiger partial charge on any atom is 0.373 e. The van der Waals surface area contributed by atoms with Gasteiger partial charge in [0.2, 0.25) is 5.82 Å². The average Bonchev–Trinajstić information content (AvgIpc) is 2.36. The van der Waals surface area contributed by atoms with Crippen LogP contribution in [0.1, 0.15) is 60.0 Å². The first kappa shape index (κ1) is 12.3. The number of hydrogen-bond acceptors (Lipinski definition) is 3. The van der Waals surface area contributed by atoms with Crippen molar-refractivity contribution in [1.29, 1.82) is 0 Å². The second kappa shape index (κ2) is 4.27. The molecule has 106 valence electrons. The van der Waals surface area contributed by atoms with E-state index in [4.69, 9.17) is 5.11 Å². The summed E-state index contributed by atoms with van der Waals surface area (Å²) < 4.78 is 0. The highest BCUT2D eigenvalue weighted by atomic mass is 16.4. The summed E-state index contributed by atoms with van der Waals surface area (Å²) in [5.74, 6) is 2.73. The number of rotatable bonds is 2. The van der Waals surface area contributed by atoms with Crippen molar-refractivity contribution in [3.8, 4) is 0 Å². The minimum atomic E-state index is -1.02. The molecule has 20 heavy (non-hydrogen) atoms. The largest absolute Gasteiger partial charge is 0.475 e. The summed E-state index contributed by atoms with van der Waals surface area (Å²) in [5, 5.41) is 9.16. The van der Waals surface area contributed by atoms with Crippen LogP contribution < -0.4 is 0 Å². The van der Waals surface area contributed by atoms with Gasteiger partial charge in [0.15, 0.2) is 0 Å². The van der Waals surface area contributed by atoms with Crippen molar-refractivity contribution in [1.82, 2.24) is 9.97 Å². The number of nitrogens with zero attached hydrogens (tertiary/aromatic N) is 2. The lowest BCUT2D eigenvalue weighted by Crippen LogP contribution is -2.44. The van der Waals surface area contributed by atoms with Crippen LogP contribution in [0.3, 0.4) is 0 Å². The maximum absolute atomic E-state index is 11.2. The Hall–Kier alpha value is -1.45. The lowest BCUT2D eigenvalue weighted by molar-refractivity contribution is -0.00432. The van der Waals surface area contributed by atoms with E-state index in [0.29, 0.717) is 5.92 Å². The molecule has 1 heterocycles. The van der Waals surface area contributed by atoms with Crippen molar-refractivity contribution < 1.29 is 9.90 Å². The molecule has 4 nitrogen and oxygen atoms in total. The van der Waals surface area contributed by atoms with E-state index in [0.717, 1.165) is 35.1 Å². The Labute approximate surface area is 118 Å². The van der Waals surface area contributed by atoms with Gasteiger partial charge in [-0.25, -0.2) is 14.8 Å². The van der Waals surface area contributed by atoms with Crippen molar-refractivity contribution in [2.45, 2.75) is 44.9 Å². The van der Waals surface area contributed by atoms with E-state index in [1.807, 2.05) is 13.0 Å². The summed E-state index contributed by atoms with van der Waals surface area (Å²) in [7, 11) is 0. The van der Waals surface area contributed by atoms with Gasteiger partial charge >= 0.3 is 5.97 Å². The molecule has 5 rings (SSSR count). The van der Waals surface area contributed by atoms with Crippen LogP contribution in [0.15, 0.2) is 6.07 Å². The van der Waals surface area contributed by atoms with Crippen molar-refractivity contribution in [3.05, 3.63) is 23.3 Å². The molecule has 0 saturated heterocycles. The third kappa shape index (κ3) is 1.85. The Kier molecular flexibility index (Phi) is 2.63. The van der Waals surface area contributed by atoms with Crippen molar-refractivity contribution >= 4 is 5.97 Å². The highest BCUT2D eigenvalue weighted by molar-refractivity contribution is 5.83. The number of aromatic nitrogens is 2.